The van der Waals surface area contributed by atoms with Crippen LogP contribution in [-0.2, 0) is 4.79 Å². The molecule has 3 rings (SSSR count). The molecule has 2 aromatic heterocycles. The summed E-state index contributed by atoms with van der Waals surface area (Å²) in [6.07, 6.45) is 0.599. The van der Waals surface area contributed by atoms with Gasteiger partial charge >= 0.3 is 0 Å². The van der Waals surface area contributed by atoms with E-state index in [2.05, 4.69) is 15.3 Å². The highest BCUT2D eigenvalue weighted by atomic mass is 32.2. The van der Waals surface area contributed by atoms with Crippen LogP contribution in [0.4, 0.5) is 4.39 Å². The van der Waals surface area contributed by atoms with E-state index in [0.29, 0.717) is 28.5 Å². The van der Waals surface area contributed by atoms with E-state index < -0.39 is 11.7 Å². The van der Waals surface area contributed by atoms with Crippen LogP contribution >= 0.6 is 11.8 Å². The summed E-state index contributed by atoms with van der Waals surface area (Å²) in [4.78, 5) is 11.4. The van der Waals surface area contributed by atoms with E-state index in [1.807, 2.05) is 6.92 Å². The first-order chi connectivity index (χ1) is 11.1. The van der Waals surface area contributed by atoms with Crippen LogP contribution in [-0.4, -0.2) is 31.0 Å². The maximum atomic E-state index is 14.0. The molecule has 0 aliphatic heterocycles. The van der Waals surface area contributed by atoms with Crippen molar-refractivity contribution < 1.29 is 9.18 Å². The molecule has 8 heteroatoms. The number of benzene rings is 1. The van der Waals surface area contributed by atoms with Gasteiger partial charge in [0.25, 0.3) is 0 Å². The highest BCUT2D eigenvalue weighted by molar-refractivity contribution is 8.00. The van der Waals surface area contributed by atoms with E-state index in [4.69, 9.17) is 5.73 Å². The lowest BCUT2D eigenvalue weighted by Gasteiger charge is -2.09. The zero-order chi connectivity index (χ0) is 16.4. The second-order valence-corrected chi connectivity index (χ2v) is 6.09. The van der Waals surface area contributed by atoms with Gasteiger partial charge in [-0.15, -0.1) is 10.2 Å². The van der Waals surface area contributed by atoms with Crippen LogP contribution < -0.4 is 5.73 Å². The Hall–Kier alpha value is -2.48. The van der Waals surface area contributed by atoms with Gasteiger partial charge in [0, 0.05) is 0 Å². The largest absolute Gasteiger partial charge is 0.369 e. The number of primary amides is 1. The Kier molecular flexibility index (Phi) is 4.24. The van der Waals surface area contributed by atoms with Gasteiger partial charge in [0.05, 0.1) is 10.8 Å². The predicted octanol–water partition coefficient (Wildman–Crippen LogP) is 2.29. The molecule has 0 radical (unpaired) electrons. The number of carbonyl (C=O) groups excluding carboxylic acids is 1. The van der Waals surface area contributed by atoms with Crippen LogP contribution in [0.25, 0.3) is 17.0 Å². The average Bonchev–Trinajstić information content (AvgIpc) is 2.95. The minimum absolute atomic E-state index is 0.313. The summed E-state index contributed by atoms with van der Waals surface area (Å²) in [5.74, 6) is -0.476. The van der Waals surface area contributed by atoms with Gasteiger partial charge in [0.15, 0.2) is 11.5 Å². The Morgan fingerprint density at radius 2 is 2.09 bits per heavy atom. The van der Waals surface area contributed by atoms with Crippen LogP contribution in [0.15, 0.2) is 41.4 Å². The number of thioether (sulfide) groups is 1. The summed E-state index contributed by atoms with van der Waals surface area (Å²) in [5.41, 5.74) is 6.18. The fourth-order valence-electron chi connectivity index (χ4n) is 2.13. The highest BCUT2D eigenvalue weighted by Gasteiger charge is 2.17. The number of rotatable bonds is 5. The van der Waals surface area contributed by atoms with Gasteiger partial charge in [-0.05, 0) is 30.7 Å². The Morgan fingerprint density at radius 3 is 2.78 bits per heavy atom. The van der Waals surface area contributed by atoms with Crippen molar-refractivity contribution >= 4 is 23.3 Å². The fourth-order valence-corrected chi connectivity index (χ4v) is 2.98. The average molecular weight is 331 g/mol. The van der Waals surface area contributed by atoms with E-state index in [0.717, 1.165) is 0 Å². The third-order valence-electron chi connectivity index (χ3n) is 3.30. The Labute approximate surface area is 135 Å². The number of carbonyl (C=O) groups is 1. The van der Waals surface area contributed by atoms with Crippen molar-refractivity contribution in [1.29, 1.82) is 0 Å². The summed E-state index contributed by atoms with van der Waals surface area (Å²) in [6, 6.07) is 9.76. The summed E-state index contributed by atoms with van der Waals surface area (Å²) in [7, 11) is 0. The van der Waals surface area contributed by atoms with E-state index in [-0.39, 0.29) is 5.25 Å². The van der Waals surface area contributed by atoms with Gasteiger partial charge in [0.1, 0.15) is 10.8 Å². The van der Waals surface area contributed by atoms with Gasteiger partial charge in [-0.25, -0.2) is 4.39 Å². The number of aromatic nitrogens is 4. The second kappa shape index (κ2) is 6.33. The summed E-state index contributed by atoms with van der Waals surface area (Å²) >= 11 is 1.27. The van der Waals surface area contributed by atoms with E-state index in [1.54, 1.807) is 30.3 Å². The second-order valence-electron chi connectivity index (χ2n) is 4.86. The Bertz CT molecular complexity index is 866. The molecule has 0 saturated heterocycles. The molecular formula is C15H14FN5OS. The standard InChI is InChI=1S/C15H14FN5OS/c1-2-11(14(17)22)23-13-8-7-12-18-19-15(21(12)20-13)9-5-3-4-6-10(9)16/h3-8,11H,2H2,1H3,(H2,17,22)/t11-/m1/s1. The smallest absolute Gasteiger partial charge is 0.230 e. The van der Waals surface area contributed by atoms with Crippen LogP contribution in [0.1, 0.15) is 13.3 Å². The number of hydrogen-bond acceptors (Lipinski definition) is 5. The molecule has 0 saturated carbocycles. The van der Waals surface area contributed by atoms with Crippen LogP contribution in [0.5, 0.6) is 0 Å². The molecule has 0 aliphatic carbocycles. The number of nitrogens with zero attached hydrogens (tertiary/aromatic N) is 4. The molecule has 2 heterocycles. The molecule has 1 atom stereocenters. The number of halogens is 1. The van der Waals surface area contributed by atoms with E-state index in [1.165, 1.54) is 22.3 Å². The minimum Gasteiger partial charge on any atom is -0.369 e. The predicted molar refractivity (Wildman–Crippen MR) is 85.3 cm³/mol. The van der Waals surface area contributed by atoms with Crippen LogP contribution in [0.3, 0.4) is 0 Å². The number of hydrogen-bond donors (Lipinski definition) is 1. The molecule has 0 bridgehead atoms. The molecular weight excluding hydrogens is 317 g/mol. The fraction of sp³-hybridized carbons (Fsp3) is 0.200. The SMILES string of the molecule is CC[C@@H](Sc1ccc2nnc(-c3ccccc3F)n2n1)C(N)=O. The molecule has 2 N–H and O–H groups in total. The van der Waals surface area contributed by atoms with Crippen molar-refractivity contribution in [2.45, 2.75) is 23.6 Å². The lowest BCUT2D eigenvalue weighted by Crippen LogP contribution is -2.25. The van der Waals surface area contributed by atoms with Crippen molar-refractivity contribution in [1.82, 2.24) is 19.8 Å². The normalized spacial score (nSPS) is 12.4. The van der Waals surface area contributed by atoms with E-state index >= 15 is 0 Å². The zero-order valence-electron chi connectivity index (χ0n) is 12.3. The first kappa shape index (κ1) is 15.4. The molecule has 23 heavy (non-hydrogen) atoms. The monoisotopic (exact) mass is 331 g/mol. The lowest BCUT2D eigenvalue weighted by molar-refractivity contribution is -0.117. The maximum absolute atomic E-state index is 14.0. The summed E-state index contributed by atoms with van der Waals surface area (Å²) in [5, 5.41) is 12.6. The molecule has 3 aromatic rings. The molecule has 0 aliphatic rings. The molecule has 0 fully saturated rings. The van der Waals surface area contributed by atoms with Crippen LogP contribution in [0, 0.1) is 5.82 Å². The van der Waals surface area contributed by atoms with Gasteiger partial charge in [0.2, 0.25) is 5.91 Å². The quantitative estimate of drug-likeness (QED) is 0.725. The maximum Gasteiger partial charge on any atom is 0.230 e. The zero-order valence-corrected chi connectivity index (χ0v) is 13.1. The number of nitrogens with two attached hydrogens (primary N) is 1. The summed E-state index contributed by atoms with van der Waals surface area (Å²) < 4.78 is 15.4. The van der Waals surface area contributed by atoms with Crippen molar-refractivity contribution in [2.24, 2.45) is 5.73 Å². The van der Waals surface area contributed by atoms with Gasteiger partial charge in [-0.3, -0.25) is 4.79 Å². The first-order valence-electron chi connectivity index (χ1n) is 7.03. The molecule has 0 spiro atoms. The summed E-state index contributed by atoms with van der Waals surface area (Å²) in [6.45, 7) is 1.88. The topological polar surface area (TPSA) is 86.2 Å². The van der Waals surface area contributed by atoms with Crippen molar-refractivity contribution in [3.05, 3.63) is 42.2 Å². The third kappa shape index (κ3) is 3.02. The Morgan fingerprint density at radius 1 is 1.30 bits per heavy atom. The van der Waals surface area contributed by atoms with E-state index in [9.17, 15) is 9.18 Å². The molecule has 1 aromatic carbocycles. The Balaban J connectivity index is 2.04. The van der Waals surface area contributed by atoms with Gasteiger partial charge < -0.3 is 5.73 Å². The highest BCUT2D eigenvalue weighted by Crippen LogP contribution is 2.25. The van der Waals surface area contributed by atoms with Crippen molar-refractivity contribution in [2.75, 3.05) is 0 Å². The number of amides is 1. The molecule has 1 amide bonds. The van der Waals surface area contributed by atoms with Gasteiger partial charge in [-0.2, -0.15) is 9.61 Å². The van der Waals surface area contributed by atoms with Crippen molar-refractivity contribution in [3.63, 3.8) is 0 Å². The van der Waals surface area contributed by atoms with Crippen molar-refractivity contribution in [3.8, 4) is 11.4 Å². The molecule has 0 unspecified atom stereocenters. The van der Waals surface area contributed by atoms with Gasteiger partial charge in [-0.1, -0.05) is 30.8 Å². The third-order valence-corrected chi connectivity index (χ3v) is 4.61. The lowest BCUT2D eigenvalue weighted by atomic mass is 10.2. The first-order valence-corrected chi connectivity index (χ1v) is 7.91. The molecule has 118 valence electrons. The number of fused-ring (bicyclic) bond motifs is 1. The van der Waals surface area contributed by atoms with Crippen LogP contribution in [0.2, 0.25) is 0 Å². The minimum atomic E-state index is -0.398. The molecule has 6 nitrogen and oxygen atoms in total.